The third-order valence-electron chi connectivity index (χ3n) is 3.90. The molecule has 1 saturated carbocycles. The van der Waals surface area contributed by atoms with Crippen LogP contribution in [-0.4, -0.2) is 5.78 Å². The van der Waals surface area contributed by atoms with Gasteiger partial charge in [0.05, 0.1) is 0 Å². The van der Waals surface area contributed by atoms with Gasteiger partial charge in [0.15, 0.2) is 0 Å². The molecule has 1 nitrogen and oxygen atoms in total. The molecule has 1 aromatic carbocycles. The summed E-state index contributed by atoms with van der Waals surface area (Å²) in [7, 11) is 0. The quantitative estimate of drug-likeness (QED) is 0.712. The minimum atomic E-state index is 0.109. The van der Waals surface area contributed by atoms with Crippen molar-refractivity contribution < 1.29 is 4.79 Å². The molecule has 0 heterocycles. The van der Waals surface area contributed by atoms with E-state index in [4.69, 9.17) is 0 Å². The van der Waals surface area contributed by atoms with Gasteiger partial charge in [-0.3, -0.25) is 4.79 Å². The fourth-order valence-electron chi connectivity index (χ4n) is 2.79. The van der Waals surface area contributed by atoms with Crippen molar-refractivity contribution in [1.29, 1.82) is 0 Å². The van der Waals surface area contributed by atoms with Gasteiger partial charge in [0.1, 0.15) is 5.78 Å². The lowest BCUT2D eigenvalue weighted by Crippen LogP contribution is -2.19. The Labute approximate surface area is 120 Å². The Morgan fingerprint density at radius 2 is 2.00 bits per heavy atom. The van der Waals surface area contributed by atoms with E-state index in [2.05, 4.69) is 51.1 Å². The second-order valence-electron chi connectivity index (χ2n) is 5.97. The van der Waals surface area contributed by atoms with E-state index in [1.165, 1.54) is 9.80 Å². The summed E-state index contributed by atoms with van der Waals surface area (Å²) in [5.41, 5.74) is 0.109. The summed E-state index contributed by atoms with van der Waals surface area (Å²) < 4.78 is 0. The van der Waals surface area contributed by atoms with Gasteiger partial charge in [-0.2, -0.15) is 0 Å². The van der Waals surface area contributed by atoms with Crippen LogP contribution in [0.25, 0.3) is 0 Å². The molecule has 1 atom stereocenters. The molecular formula is C17H22OS. The Balaban J connectivity index is 2.04. The number of hydrogen-bond acceptors (Lipinski definition) is 2. The van der Waals surface area contributed by atoms with Crippen LogP contribution in [0.3, 0.4) is 0 Å². The van der Waals surface area contributed by atoms with Gasteiger partial charge in [-0.05, 0) is 41.7 Å². The van der Waals surface area contributed by atoms with Gasteiger partial charge in [-0.15, -0.1) is 0 Å². The summed E-state index contributed by atoms with van der Waals surface area (Å²) >= 11 is 1.81. The molecule has 0 amide bonds. The van der Waals surface area contributed by atoms with Crippen molar-refractivity contribution in [2.75, 3.05) is 0 Å². The molecule has 1 unspecified atom stereocenters. The molecule has 102 valence electrons. The van der Waals surface area contributed by atoms with Crippen molar-refractivity contribution in [3.05, 3.63) is 41.3 Å². The highest BCUT2D eigenvalue weighted by Crippen LogP contribution is 2.41. The lowest BCUT2D eigenvalue weighted by atomic mass is 9.77. The van der Waals surface area contributed by atoms with E-state index in [1.54, 1.807) is 11.8 Å². The van der Waals surface area contributed by atoms with Crippen LogP contribution in [0.1, 0.15) is 40.0 Å². The maximum absolute atomic E-state index is 11.5. The van der Waals surface area contributed by atoms with E-state index < -0.39 is 0 Å². The van der Waals surface area contributed by atoms with Crippen LogP contribution >= 0.6 is 11.8 Å². The van der Waals surface area contributed by atoms with Crippen LogP contribution < -0.4 is 0 Å². The molecular weight excluding hydrogens is 252 g/mol. The number of rotatable bonds is 4. The number of allylic oxidation sites excluding steroid dienone is 2. The Hall–Kier alpha value is -1.02. The van der Waals surface area contributed by atoms with Crippen LogP contribution in [0.4, 0.5) is 0 Å². The highest BCUT2D eigenvalue weighted by Gasteiger charge is 2.33. The first-order valence-corrected chi connectivity index (χ1v) is 7.73. The monoisotopic (exact) mass is 274 g/mol. The van der Waals surface area contributed by atoms with Crippen LogP contribution in [0, 0.1) is 11.3 Å². The second-order valence-corrected chi connectivity index (χ2v) is 7.29. The molecule has 2 heteroatoms. The lowest BCUT2D eigenvalue weighted by molar-refractivity contribution is -0.117. The molecule has 0 aromatic heterocycles. The first-order chi connectivity index (χ1) is 8.97. The fourth-order valence-corrected chi connectivity index (χ4v) is 3.82. The van der Waals surface area contributed by atoms with E-state index in [1.807, 2.05) is 6.07 Å². The Kier molecular flexibility index (Phi) is 4.51. The van der Waals surface area contributed by atoms with E-state index in [0.29, 0.717) is 11.7 Å². The number of ketones is 1. The van der Waals surface area contributed by atoms with E-state index in [0.717, 1.165) is 19.3 Å². The van der Waals surface area contributed by atoms with Gasteiger partial charge in [0.2, 0.25) is 0 Å². The zero-order valence-corrected chi connectivity index (χ0v) is 12.8. The molecule has 0 aliphatic heterocycles. The van der Waals surface area contributed by atoms with E-state index >= 15 is 0 Å². The normalized spacial score (nSPS) is 20.9. The largest absolute Gasteiger partial charge is 0.300 e. The molecule has 0 spiro atoms. The molecule has 1 aromatic rings. The predicted octanol–water partition coefficient (Wildman–Crippen LogP) is 5.08. The SMILES string of the molecule is C/C(=C/C(C)(C)C1CCC(=O)C1)Sc1ccccc1. The third kappa shape index (κ3) is 3.97. The number of carbonyl (C=O) groups is 1. The third-order valence-corrected chi connectivity index (χ3v) is 4.84. The average Bonchev–Trinajstić information content (AvgIpc) is 2.77. The van der Waals surface area contributed by atoms with Gasteiger partial charge >= 0.3 is 0 Å². The molecule has 1 aliphatic carbocycles. The molecule has 1 aliphatic rings. The molecule has 1 fully saturated rings. The Morgan fingerprint density at radius 1 is 1.32 bits per heavy atom. The number of benzene rings is 1. The highest BCUT2D eigenvalue weighted by molar-refractivity contribution is 8.03. The van der Waals surface area contributed by atoms with Gasteiger partial charge < -0.3 is 0 Å². The van der Waals surface area contributed by atoms with Crippen molar-refractivity contribution in [3.63, 3.8) is 0 Å². The predicted molar refractivity (Wildman–Crippen MR) is 82.2 cm³/mol. The van der Waals surface area contributed by atoms with Crippen LogP contribution in [0.5, 0.6) is 0 Å². The summed E-state index contributed by atoms with van der Waals surface area (Å²) in [5, 5.41) is 0. The molecule has 2 rings (SSSR count). The van der Waals surface area contributed by atoms with Crippen molar-refractivity contribution in [3.8, 4) is 0 Å². The van der Waals surface area contributed by atoms with Crippen molar-refractivity contribution >= 4 is 17.5 Å². The number of carbonyl (C=O) groups excluding carboxylic acids is 1. The lowest BCUT2D eigenvalue weighted by Gasteiger charge is -2.28. The zero-order valence-electron chi connectivity index (χ0n) is 12.0. The Morgan fingerprint density at radius 3 is 2.58 bits per heavy atom. The van der Waals surface area contributed by atoms with Gasteiger partial charge in [0.25, 0.3) is 0 Å². The first-order valence-electron chi connectivity index (χ1n) is 6.91. The zero-order chi connectivity index (χ0) is 13.9. The van der Waals surface area contributed by atoms with E-state index in [-0.39, 0.29) is 5.41 Å². The molecule has 0 bridgehead atoms. The average molecular weight is 274 g/mol. The van der Waals surface area contributed by atoms with Gasteiger partial charge in [0, 0.05) is 17.7 Å². The van der Waals surface area contributed by atoms with Gasteiger partial charge in [-0.1, -0.05) is 49.9 Å². The fraction of sp³-hybridized carbons (Fsp3) is 0.471. The molecule has 0 N–H and O–H groups in total. The van der Waals surface area contributed by atoms with Crippen molar-refractivity contribution in [1.82, 2.24) is 0 Å². The van der Waals surface area contributed by atoms with Crippen molar-refractivity contribution in [2.24, 2.45) is 11.3 Å². The summed E-state index contributed by atoms with van der Waals surface area (Å²) in [6, 6.07) is 10.4. The smallest absolute Gasteiger partial charge is 0.133 e. The van der Waals surface area contributed by atoms with Gasteiger partial charge in [-0.25, -0.2) is 0 Å². The summed E-state index contributed by atoms with van der Waals surface area (Å²) in [4.78, 5) is 14.0. The number of Topliss-reactive ketones (excluding diaryl/α,β-unsaturated/α-hetero) is 1. The summed E-state index contributed by atoms with van der Waals surface area (Å²) in [6.07, 6.45) is 4.92. The minimum Gasteiger partial charge on any atom is -0.300 e. The van der Waals surface area contributed by atoms with Crippen LogP contribution in [-0.2, 0) is 4.79 Å². The molecule has 0 radical (unpaired) electrons. The minimum absolute atomic E-state index is 0.109. The molecule has 0 saturated heterocycles. The maximum Gasteiger partial charge on any atom is 0.133 e. The van der Waals surface area contributed by atoms with Crippen molar-refractivity contribution in [2.45, 2.75) is 44.9 Å². The second kappa shape index (κ2) is 5.96. The number of thioether (sulfide) groups is 1. The first kappa shape index (κ1) is 14.4. The summed E-state index contributed by atoms with van der Waals surface area (Å²) in [6.45, 7) is 6.67. The van der Waals surface area contributed by atoms with Crippen LogP contribution in [0.15, 0.2) is 46.2 Å². The summed E-state index contributed by atoms with van der Waals surface area (Å²) in [5.74, 6) is 0.936. The number of hydrogen-bond donors (Lipinski definition) is 0. The molecule has 19 heavy (non-hydrogen) atoms. The van der Waals surface area contributed by atoms with E-state index in [9.17, 15) is 4.79 Å². The standard InChI is InChI=1S/C17H22OS/c1-13(19-16-7-5-4-6-8-16)12-17(2,3)14-9-10-15(18)11-14/h4-8,12,14H,9-11H2,1-3H3/b13-12-. The van der Waals surface area contributed by atoms with Crippen LogP contribution in [0.2, 0.25) is 0 Å². The topological polar surface area (TPSA) is 17.1 Å². The highest BCUT2D eigenvalue weighted by atomic mass is 32.2. The Bertz CT molecular complexity index is 473. The maximum atomic E-state index is 11.5.